The van der Waals surface area contributed by atoms with Crippen molar-refractivity contribution in [1.29, 1.82) is 0 Å². The fourth-order valence-electron chi connectivity index (χ4n) is 1.73. The topological polar surface area (TPSA) is 37.3 Å². The third-order valence-electron chi connectivity index (χ3n) is 2.71. The number of thioether (sulfide) groups is 1. The molecule has 0 aromatic heterocycles. The van der Waals surface area contributed by atoms with Crippen molar-refractivity contribution in [3.8, 4) is 0 Å². The van der Waals surface area contributed by atoms with Crippen molar-refractivity contribution in [3.05, 3.63) is 65.0 Å². The maximum atomic E-state index is 13.0. The van der Waals surface area contributed by atoms with E-state index in [9.17, 15) is 9.18 Å². The van der Waals surface area contributed by atoms with Gasteiger partial charge in [-0.15, -0.1) is 11.8 Å². The first kappa shape index (κ1) is 13.6. The van der Waals surface area contributed by atoms with Crippen LogP contribution in [0.3, 0.4) is 0 Å². The Morgan fingerprint density at radius 3 is 2.68 bits per heavy atom. The minimum atomic E-state index is -0.926. The minimum absolute atomic E-state index is 0.240. The number of rotatable bonds is 4. The van der Waals surface area contributed by atoms with E-state index in [1.54, 1.807) is 36.0 Å². The lowest BCUT2D eigenvalue weighted by molar-refractivity contribution is 0.0696. The van der Waals surface area contributed by atoms with Crippen molar-refractivity contribution >= 4 is 17.7 Å². The number of aromatic carboxylic acids is 1. The van der Waals surface area contributed by atoms with E-state index in [-0.39, 0.29) is 11.4 Å². The van der Waals surface area contributed by atoms with E-state index in [0.29, 0.717) is 5.75 Å². The quantitative estimate of drug-likeness (QED) is 0.853. The van der Waals surface area contributed by atoms with E-state index >= 15 is 0 Å². The highest BCUT2D eigenvalue weighted by Crippen LogP contribution is 2.27. The summed E-state index contributed by atoms with van der Waals surface area (Å²) < 4.78 is 13.0. The molecule has 2 nitrogen and oxygen atoms in total. The Hall–Kier alpha value is -1.81. The molecule has 0 unspecified atom stereocenters. The van der Waals surface area contributed by atoms with Crippen LogP contribution in [0.5, 0.6) is 0 Å². The largest absolute Gasteiger partial charge is 0.478 e. The number of benzene rings is 2. The standard InChI is InChI=1S/C15H13FO2S/c1-10-7-12(15(17)18)5-6-14(10)19-9-11-3-2-4-13(16)8-11/h2-8H,9H2,1H3,(H,17,18). The molecule has 0 saturated heterocycles. The lowest BCUT2D eigenvalue weighted by Gasteiger charge is -2.07. The predicted octanol–water partition coefficient (Wildman–Crippen LogP) is 4.12. The third-order valence-corrected chi connectivity index (χ3v) is 3.95. The smallest absolute Gasteiger partial charge is 0.335 e. The number of hydrogen-bond donors (Lipinski definition) is 1. The normalized spacial score (nSPS) is 10.4. The highest BCUT2D eigenvalue weighted by atomic mass is 32.2. The second-order valence-electron chi connectivity index (χ2n) is 4.20. The molecule has 0 radical (unpaired) electrons. The molecule has 0 aliphatic heterocycles. The van der Waals surface area contributed by atoms with Crippen molar-refractivity contribution in [1.82, 2.24) is 0 Å². The number of carboxylic acid groups (broad SMARTS) is 1. The van der Waals surface area contributed by atoms with Crippen LogP contribution in [0, 0.1) is 12.7 Å². The van der Waals surface area contributed by atoms with E-state index in [2.05, 4.69) is 0 Å². The van der Waals surface area contributed by atoms with Gasteiger partial charge in [-0.25, -0.2) is 9.18 Å². The predicted molar refractivity (Wildman–Crippen MR) is 74.1 cm³/mol. The summed E-state index contributed by atoms with van der Waals surface area (Å²) >= 11 is 1.57. The monoisotopic (exact) mass is 276 g/mol. The Morgan fingerprint density at radius 1 is 1.26 bits per heavy atom. The Labute approximate surface area is 115 Å². The van der Waals surface area contributed by atoms with Crippen LogP contribution >= 0.6 is 11.8 Å². The summed E-state index contributed by atoms with van der Waals surface area (Å²) in [7, 11) is 0. The molecule has 2 aromatic rings. The minimum Gasteiger partial charge on any atom is -0.478 e. The van der Waals surface area contributed by atoms with Crippen molar-refractivity contribution in [2.24, 2.45) is 0 Å². The lowest BCUT2D eigenvalue weighted by atomic mass is 10.1. The summed E-state index contributed by atoms with van der Waals surface area (Å²) in [4.78, 5) is 11.8. The molecular weight excluding hydrogens is 263 g/mol. The maximum absolute atomic E-state index is 13.0. The van der Waals surface area contributed by atoms with Gasteiger partial charge < -0.3 is 5.11 Å². The number of aryl methyl sites for hydroxylation is 1. The highest BCUT2D eigenvalue weighted by Gasteiger charge is 2.06. The summed E-state index contributed by atoms with van der Waals surface area (Å²) in [6.07, 6.45) is 0. The molecule has 19 heavy (non-hydrogen) atoms. The number of carbonyl (C=O) groups is 1. The fraction of sp³-hybridized carbons (Fsp3) is 0.133. The van der Waals surface area contributed by atoms with Gasteiger partial charge in [-0.05, 0) is 48.4 Å². The van der Waals surface area contributed by atoms with Gasteiger partial charge >= 0.3 is 5.97 Å². The molecule has 2 rings (SSSR count). The molecule has 98 valence electrons. The zero-order valence-electron chi connectivity index (χ0n) is 10.4. The van der Waals surface area contributed by atoms with Crippen molar-refractivity contribution < 1.29 is 14.3 Å². The van der Waals surface area contributed by atoms with Crippen LogP contribution in [-0.2, 0) is 5.75 Å². The van der Waals surface area contributed by atoms with E-state index in [1.165, 1.54) is 12.1 Å². The fourth-order valence-corrected chi connectivity index (χ4v) is 2.68. The Bertz CT molecular complexity index is 611. The van der Waals surface area contributed by atoms with E-state index in [4.69, 9.17) is 5.11 Å². The molecule has 2 aromatic carbocycles. The van der Waals surface area contributed by atoms with Gasteiger partial charge in [-0.3, -0.25) is 0 Å². The third kappa shape index (κ3) is 3.58. The van der Waals surface area contributed by atoms with Gasteiger partial charge in [0.05, 0.1) is 5.56 Å². The molecular formula is C15H13FO2S. The molecule has 0 aliphatic carbocycles. The average molecular weight is 276 g/mol. The molecule has 4 heteroatoms. The molecule has 0 saturated carbocycles. The van der Waals surface area contributed by atoms with Crippen LogP contribution in [0.4, 0.5) is 4.39 Å². The molecule has 0 spiro atoms. The summed E-state index contributed by atoms with van der Waals surface area (Å²) in [5.41, 5.74) is 2.11. The average Bonchev–Trinajstić information content (AvgIpc) is 2.37. The summed E-state index contributed by atoms with van der Waals surface area (Å²) in [6.45, 7) is 1.88. The SMILES string of the molecule is Cc1cc(C(=O)O)ccc1SCc1cccc(F)c1. The van der Waals surface area contributed by atoms with Crippen LogP contribution in [0.25, 0.3) is 0 Å². The molecule has 0 aliphatic rings. The zero-order valence-corrected chi connectivity index (χ0v) is 11.2. The van der Waals surface area contributed by atoms with Gasteiger partial charge in [0.1, 0.15) is 5.82 Å². The van der Waals surface area contributed by atoms with Gasteiger partial charge in [0.15, 0.2) is 0 Å². The Morgan fingerprint density at radius 2 is 2.05 bits per heavy atom. The number of carboxylic acids is 1. The molecule has 0 fully saturated rings. The first-order valence-corrected chi connectivity index (χ1v) is 6.76. The Balaban J connectivity index is 2.10. The molecule has 0 heterocycles. The zero-order chi connectivity index (χ0) is 13.8. The first-order valence-electron chi connectivity index (χ1n) is 5.77. The molecule has 0 amide bonds. The van der Waals surface area contributed by atoms with Crippen LogP contribution in [-0.4, -0.2) is 11.1 Å². The van der Waals surface area contributed by atoms with Crippen LogP contribution < -0.4 is 0 Å². The van der Waals surface area contributed by atoms with Crippen molar-refractivity contribution in [3.63, 3.8) is 0 Å². The van der Waals surface area contributed by atoms with Crippen LogP contribution in [0.15, 0.2) is 47.4 Å². The van der Waals surface area contributed by atoms with Gasteiger partial charge in [-0.1, -0.05) is 12.1 Å². The summed E-state index contributed by atoms with van der Waals surface area (Å²) in [5.74, 6) is -0.508. The summed E-state index contributed by atoms with van der Waals surface area (Å²) in [5, 5.41) is 8.89. The first-order chi connectivity index (χ1) is 9.06. The van der Waals surface area contributed by atoms with E-state index in [1.807, 2.05) is 13.0 Å². The Kier molecular flexibility index (Phi) is 4.22. The van der Waals surface area contributed by atoms with Crippen LogP contribution in [0.1, 0.15) is 21.5 Å². The van der Waals surface area contributed by atoms with Crippen molar-refractivity contribution in [2.45, 2.75) is 17.6 Å². The number of halogens is 1. The molecule has 0 atom stereocenters. The lowest BCUT2D eigenvalue weighted by Crippen LogP contribution is -1.96. The van der Waals surface area contributed by atoms with Gasteiger partial charge in [-0.2, -0.15) is 0 Å². The highest BCUT2D eigenvalue weighted by molar-refractivity contribution is 7.98. The second-order valence-corrected chi connectivity index (χ2v) is 5.22. The van der Waals surface area contributed by atoms with E-state index in [0.717, 1.165) is 16.0 Å². The van der Waals surface area contributed by atoms with Crippen molar-refractivity contribution in [2.75, 3.05) is 0 Å². The maximum Gasteiger partial charge on any atom is 0.335 e. The molecule has 1 N–H and O–H groups in total. The van der Waals surface area contributed by atoms with Gasteiger partial charge in [0.2, 0.25) is 0 Å². The van der Waals surface area contributed by atoms with Gasteiger partial charge in [0, 0.05) is 10.6 Å². The number of hydrogen-bond acceptors (Lipinski definition) is 2. The van der Waals surface area contributed by atoms with Crippen LogP contribution in [0.2, 0.25) is 0 Å². The van der Waals surface area contributed by atoms with Gasteiger partial charge in [0.25, 0.3) is 0 Å². The molecule has 0 bridgehead atoms. The van der Waals surface area contributed by atoms with E-state index < -0.39 is 5.97 Å². The summed E-state index contributed by atoms with van der Waals surface area (Å²) in [6, 6.07) is 11.5. The second kappa shape index (κ2) is 5.89.